The average Bonchev–Trinajstić information content (AvgIpc) is 3.42. The molecule has 1 heterocycles. The maximum atomic E-state index is 12.8. The molecule has 4 N–H and O–H groups in total. The van der Waals surface area contributed by atoms with Crippen LogP contribution < -0.4 is 16.0 Å². The Morgan fingerprint density at radius 3 is 2.36 bits per heavy atom. The van der Waals surface area contributed by atoms with Crippen LogP contribution in [0.1, 0.15) is 24.0 Å². The highest BCUT2D eigenvalue weighted by molar-refractivity contribution is 7.80. The molecule has 2 aromatic rings. The summed E-state index contributed by atoms with van der Waals surface area (Å²) in [5.74, 6) is -2.26. The monoisotopic (exact) mass is 551 g/mol. The van der Waals surface area contributed by atoms with Crippen molar-refractivity contribution in [3.8, 4) is 6.07 Å². The third kappa shape index (κ3) is 9.12. The molecule has 2 aromatic carbocycles. The van der Waals surface area contributed by atoms with Gasteiger partial charge in [0.1, 0.15) is 12.1 Å². The zero-order chi connectivity index (χ0) is 28.2. The molecule has 0 bridgehead atoms. The molecule has 0 saturated carbocycles. The van der Waals surface area contributed by atoms with E-state index in [0.717, 1.165) is 12.0 Å². The van der Waals surface area contributed by atoms with Crippen molar-refractivity contribution in [2.45, 2.75) is 37.8 Å². The molecule has 1 aliphatic heterocycles. The van der Waals surface area contributed by atoms with Crippen molar-refractivity contribution in [3.63, 3.8) is 0 Å². The van der Waals surface area contributed by atoms with E-state index in [1.165, 1.54) is 4.90 Å². The van der Waals surface area contributed by atoms with Gasteiger partial charge < -0.3 is 20.6 Å². The molecule has 0 radical (unpaired) electrons. The molecule has 1 aliphatic rings. The minimum absolute atomic E-state index is 0.0355. The number of anilines is 1. The van der Waals surface area contributed by atoms with Crippen molar-refractivity contribution in [1.82, 2.24) is 15.5 Å². The Balaban J connectivity index is 1.46. The lowest BCUT2D eigenvalue weighted by Crippen LogP contribution is -2.45. The normalized spacial score (nSPS) is 16.1. The molecule has 10 nitrogen and oxygen atoms in total. The number of nitrogens with zero attached hydrogens (tertiary/aromatic N) is 2. The lowest BCUT2D eigenvalue weighted by Gasteiger charge is -2.20. The fourth-order valence-electron chi connectivity index (χ4n) is 4.38. The quantitative estimate of drug-likeness (QED) is 0.237. The smallest absolute Gasteiger partial charge is 0.326 e. The number of carbonyl (C=O) groups is 4. The Morgan fingerprint density at radius 1 is 1.03 bits per heavy atom. The summed E-state index contributed by atoms with van der Waals surface area (Å²) in [5.41, 5.74) is 2.15. The number of benzene rings is 2. The number of thiol groups is 1. The fraction of sp³-hybridized carbons (Fsp3) is 0.393. The Kier molecular flexibility index (Phi) is 11.3. The second-order valence-electron chi connectivity index (χ2n) is 9.40. The van der Waals surface area contributed by atoms with Crippen molar-refractivity contribution in [3.05, 3.63) is 65.7 Å². The summed E-state index contributed by atoms with van der Waals surface area (Å²) in [6, 6.07) is 16.7. The highest BCUT2D eigenvalue weighted by Crippen LogP contribution is 2.16. The van der Waals surface area contributed by atoms with Crippen molar-refractivity contribution < 1.29 is 24.3 Å². The van der Waals surface area contributed by atoms with Crippen LogP contribution in [-0.2, 0) is 32.0 Å². The number of aliphatic carboxylic acids is 1. The van der Waals surface area contributed by atoms with Crippen LogP contribution in [0, 0.1) is 17.2 Å². The summed E-state index contributed by atoms with van der Waals surface area (Å²) >= 11 is 4.28. The SMILES string of the molecule is N#CC1CCCN1C(=O)CNCC(=O)Nc1ccc(CC(NC(=O)C(CS)Cc2ccccc2)C(=O)O)cc1. The summed E-state index contributed by atoms with van der Waals surface area (Å²) in [7, 11) is 0. The van der Waals surface area contributed by atoms with Gasteiger partial charge in [0.2, 0.25) is 17.7 Å². The van der Waals surface area contributed by atoms with Gasteiger partial charge in [0.05, 0.1) is 25.1 Å². The van der Waals surface area contributed by atoms with Gasteiger partial charge in [-0.25, -0.2) is 4.79 Å². The maximum Gasteiger partial charge on any atom is 0.326 e. The number of nitriles is 1. The van der Waals surface area contributed by atoms with Crippen LogP contribution in [0.3, 0.4) is 0 Å². The standard InChI is InChI=1S/C28H33N5O5S/c29-15-23-7-4-12-33(23)26(35)17-30-16-25(34)31-22-10-8-20(9-11-22)14-24(28(37)38)32-27(36)21(18-39)13-19-5-2-1-3-6-19/h1-3,5-6,8-11,21,23-24,30,39H,4,7,12-14,16-18H2,(H,31,34)(H,32,36)(H,37,38). The summed E-state index contributed by atoms with van der Waals surface area (Å²) in [5, 5.41) is 26.9. The molecular weight excluding hydrogens is 518 g/mol. The van der Waals surface area contributed by atoms with E-state index in [-0.39, 0.29) is 43.0 Å². The lowest BCUT2D eigenvalue weighted by atomic mass is 9.99. The van der Waals surface area contributed by atoms with Crippen LogP contribution in [0.5, 0.6) is 0 Å². The Hall–Kier alpha value is -3.88. The van der Waals surface area contributed by atoms with E-state index in [2.05, 4.69) is 34.6 Å². The van der Waals surface area contributed by atoms with E-state index < -0.39 is 24.0 Å². The van der Waals surface area contributed by atoms with E-state index in [1.807, 2.05) is 30.3 Å². The second-order valence-corrected chi connectivity index (χ2v) is 9.76. The van der Waals surface area contributed by atoms with E-state index in [1.54, 1.807) is 24.3 Å². The molecule has 0 aromatic heterocycles. The van der Waals surface area contributed by atoms with Gasteiger partial charge in [-0.1, -0.05) is 42.5 Å². The molecule has 3 unspecified atom stereocenters. The minimum Gasteiger partial charge on any atom is -0.480 e. The first kappa shape index (κ1) is 29.7. The van der Waals surface area contributed by atoms with Crippen molar-refractivity contribution in [2.75, 3.05) is 30.7 Å². The van der Waals surface area contributed by atoms with Crippen molar-refractivity contribution >= 4 is 42.0 Å². The molecular formula is C28H33N5O5S. The van der Waals surface area contributed by atoms with Crippen LogP contribution in [0.4, 0.5) is 5.69 Å². The zero-order valence-electron chi connectivity index (χ0n) is 21.5. The first-order valence-corrected chi connectivity index (χ1v) is 13.4. The van der Waals surface area contributed by atoms with Crippen LogP contribution >= 0.6 is 12.6 Å². The molecule has 1 saturated heterocycles. The molecule has 3 amide bonds. The Bertz CT molecular complexity index is 1190. The number of carbonyl (C=O) groups excluding carboxylic acids is 3. The Morgan fingerprint density at radius 2 is 1.72 bits per heavy atom. The molecule has 0 spiro atoms. The van der Waals surface area contributed by atoms with Gasteiger partial charge in [-0.15, -0.1) is 0 Å². The number of carboxylic acids is 1. The first-order valence-electron chi connectivity index (χ1n) is 12.8. The van der Waals surface area contributed by atoms with Gasteiger partial charge in [-0.2, -0.15) is 17.9 Å². The molecule has 3 atom stereocenters. The summed E-state index contributed by atoms with van der Waals surface area (Å²) in [4.78, 5) is 50.6. The van der Waals surface area contributed by atoms with Gasteiger partial charge in [0.25, 0.3) is 0 Å². The van der Waals surface area contributed by atoms with E-state index in [0.29, 0.717) is 30.6 Å². The second kappa shape index (κ2) is 14.9. The average molecular weight is 552 g/mol. The number of likely N-dealkylation sites (tertiary alicyclic amines) is 1. The Labute approximate surface area is 233 Å². The highest BCUT2D eigenvalue weighted by Gasteiger charge is 2.28. The maximum absolute atomic E-state index is 12.8. The predicted octanol–water partition coefficient (Wildman–Crippen LogP) is 1.63. The summed E-state index contributed by atoms with van der Waals surface area (Å²) in [6.45, 7) is 0.431. The van der Waals surface area contributed by atoms with Crippen molar-refractivity contribution in [1.29, 1.82) is 5.26 Å². The molecule has 11 heteroatoms. The lowest BCUT2D eigenvalue weighted by molar-refractivity contribution is -0.142. The number of rotatable bonds is 13. The number of amides is 3. The van der Waals surface area contributed by atoms with Gasteiger partial charge in [-0.05, 0) is 42.5 Å². The minimum atomic E-state index is -1.14. The van der Waals surface area contributed by atoms with Crippen LogP contribution in [-0.4, -0.2) is 71.2 Å². The van der Waals surface area contributed by atoms with Gasteiger partial charge in [0.15, 0.2) is 0 Å². The van der Waals surface area contributed by atoms with Gasteiger partial charge >= 0.3 is 5.97 Å². The van der Waals surface area contributed by atoms with Gasteiger partial charge in [-0.3, -0.25) is 19.7 Å². The third-order valence-corrected chi connectivity index (χ3v) is 6.93. The first-order chi connectivity index (χ1) is 18.8. The van der Waals surface area contributed by atoms with E-state index in [4.69, 9.17) is 5.26 Å². The molecule has 39 heavy (non-hydrogen) atoms. The largest absolute Gasteiger partial charge is 0.480 e. The van der Waals surface area contributed by atoms with Gasteiger partial charge in [0, 0.05) is 24.4 Å². The molecule has 1 fully saturated rings. The number of hydrogen-bond donors (Lipinski definition) is 5. The highest BCUT2D eigenvalue weighted by atomic mass is 32.1. The van der Waals surface area contributed by atoms with Crippen LogP contribution in [0.25, 0.3) is 0 Å². The zero-order valence-corrected chi connectivity index (χ0v) is 22.4. The molecule has 3 rings (SSSR count). The van der Waals surface area contributed by atoms with E-state index >= 15 is 0 Å². The number of nitrogens with one attached hydrogen (secondary N) is 3. The number of hydrogen-bond acceptors (Lipinski definition) is 7. The number of carboxylic acid groups (broad SMARTS) is 1. The summed E-state index contributed by atoms with van der Waals surface area (Å²) in [6.07, 6.45) is 2.00. The topological polar surface area (TPSA) is 152 Å². The molecule has 206 valence electrons. The molecule has 0 aliphatic carbocycles. The van der Waals surface area contributed by atoms with Crippen LogP contribution in [0.15, 0.2) is 54.6 Å². The van der Waals surface area contributed by atoms with Crippen LogP contribution in [0.2, 0.25) is 0 Å². The predicted molar refractivity (Wildman–Crippen MR) is 149 cm³/mol. The summed E-state index contributed by atoms with van der Waals surface area (Å²) < 4.78 is 0. The van der Waals surface area contributed by atoms with E-state index in [9.17, 15) is 24.3 Å². The fourth-order valence-corrected chi connectivity index (χ4v) is 4.67. The van der Waals surface area contributed by atoms with Crippen molar-refractivity contribution in [2.24, 2.45) is 5.92 Å². The third-order valence-electron chi connectivity index (χ3n) is 6.49.